The summed E-state index contributed by atoms with van der Waals surface area (Å²) in [5.74, 6) is -0.853. The van der Waals surface area contributed by atoms with Crippen LogP contribution in [0.5, 0.6) is 0 Å². The number of nitrogens with zero attached hydrogens (tertiary/aromatic N) is 3. The first-order chi connectivity index (χ1) is 7.18. The fraction of sp³-hybridized carbons (Fsp3) is 0.250. The molecule has 78 valence electrons. The molecule has 0 aliphatic rings. The van der Waals surface area contributed by atoms with Crippen molar-refractivity contribution in [3.63, 3.8) is 0 Å². The van der Waals surface area contributed by atoms with Gasteiger partial charge in [0.25, 0.3) is 0 Å². The zero-order valence-corrected chi connectivity index (χ0v) is 9.43. The number of carboxylic acids is 1. The molecule has 2 rings (SSSR count). The topological polar surface area (TPSA) is 76.0 Å². The Hall–Kier alpha value is -1.21. The number of carboxylic acid groups (broad SMARTS) is 1. The van der Waals surface area contributed by atoms with Crippen LogP contribution >= 0.6 is 23.3 Å². The number of hydrogen-bond donors (Lipinski definition) is 1. The Balaban J connectivity index is 2.41. The molecule has 0 bridgehead atoms. The highest BCUT2D eigenvalue weighted by atomic mass is 32.2. The third-order valence-electron chi connectivity index (χ3n) is 1.74. The van der Waals surface area contributed by atoms with Gasteiger partial charge in [-0.25, -0.2) is 9.97 Å². The van der Waals surface area contributed by atoms with E-state index < -0.39 is 5.97 Å². The summed E-state index contributed by atoms with van der Waals surface area (Å²) < 4.78 is 4.16. The zero-order valence-electron chi connectivity index (χ0n) is 7.80. The largest absolute Gasteiger partial charge is 0.481 e. The van der Waals surface area contributed by atoms with Gasteiger partial charge in [0.1, 0.15) is 16.2 Å². The summed E-state index contributed by atoms with van der Waals surface area (Å²) in [7, 11) is 0. The van der Waals surface area contributed by atoms with Crippen LogP contribution in [0.1, 0.15) is 5.69 Å². The first kappa shape index (κ1) is 10.3. The fourth-order valence-electron chi connectivity index (χ4n) is 1.13. The summed E-state index contributed by atoms with van der Waals surface area (Å²) in [5.41, 5.74) is 0.850. The summed E-state index contributed by atoms with van der Waals surface area (Å²) in [6, 6.07) is 0. The third kappa shape index (κ3) is 2.07. The average molecular weight is 241 g/mol. The van der Waals surface area contributed by atoms with Gasteiger partial charge in [-0.3, -0.25) is 4.79 Å². The Labute approximate surface area is 93.7 Å². The molecule has 0 saturated carbocycles. The van der Waals surface area contributed by atoms with Gasteiger partial charge in [0, 0.05) is 0 Å². The lowest BCUT2D eigenvalue weighted by atomic mass is 10.3. The molecule has 0 aromatic carbocycles. The number of aliphatic carboxylic acids is 1. The Bertz CT molecular complexity index is 512. The van der Waals surface area contributed by atoms with Crippen molar-refractivity contribution in [3.8, 4) is 0 Å². The van der Waals surface area contributed by atoms with Crippen LogP contribution in [0.25, 0.3) is 10.2 Å². The maximum Gasteiger partial charge on any atom is 0.313 e. The molecule has 2 aromatic rings. The van der Waals surface area contributed by atoms with Gasteiger partial charge in [0.15, 0.2) is 0 Å². The van der Waals surface area contributed by atoms with Crippen LogP contribution in [0.15, 0.2) is 11.4 Å². The van der Waals surface area contributed by atoms with Gasteiger partial charge in [-0.2, -0.15) is 4.37 Å². The number of aryl methyl sites for hydroxylation is 1. The first-order valence-electron chi connectivity index (χ1n) is 4.10. The van der Waals surface area contributed by atoms with Gasteiger partial charge < -0.3 is 5.11 Å². The van der Waals surface area contributed by atoms with Gasteiger partial charge in [-0.1, -0.05) is 11.8 Å². The Morgan fingerprint density at radius 2 is 2.40 bits per heavy atom. The molecule has 0 aliphatic carbocycles. The smallest absolute Gasteiger partial charge is 0.313 e. The van der Waals surface area contributed by atoms with Gasteiger partial charge in [-0.15, -0.1) is 0 Å². The minimum Gasteiger partial charge on any atom is -0.481 e. The average Bonchev–Trinajstić information content (AvgIpc) is 2.58. The van der Waals surface area contributed by atoms with Crippen molar-refractivity contribution >= 4 is 39.5 Å². The molecule has 0 aliphatic heterocycles. The predicted octanol–water partition coefficient (Wildman–Crippen LogP) is 1.57. The standard InChI is InChI=1S/C8H7N3O2S2/c1-4-6-7(14-2-5(12)13)9-3-10-8(6)15-11-4/h3H,2H2,1H3,(H,12,13). The molecule has 0 saturated heterocycles. The number of aromatic nitrogens is 3. The normalized spacial score (nSPS) is 10.7. The maximum absolute atomic E-state index is 10.5. The fourth-order valence-corrected chi connectivity index (χ4v) is 2.71. The van der Waals surface area contributed by atoms with E-state index in [0.29, 0.717) is 5.03 Å². The van der Waals surface area contributed by atoms with Crippen molar-refractivity contribution in [1.82, 2.24) is 14.3 Å². The summed E-state index contributed by atoms with van der Waals surface area (Å²) >= 11 is 2.49. The van der Waals surface area contributed by atoms with Crippen molar-refractivity contribution < 1.29 is 9.90 Å². The van der Waals surface area contributed by atoms with Crippen molar-refractivity contribution in [2.75, 3.05) is 5.75 Å². The van der Waals surface area contributed by atoms with E-state index in [1.807, 2.05) is 6.92 Å². The number of hydrogen-bond acceptors (Lipinski definition) is 6. The Kier molecular flexibility index (Phi) is 2.83. The van der Waals surface area contributed by atoms with Gasteiger partial charge in [-0.05, 0) is 18.5 Å². The molecule has 0 amide bonds. The van der Waals surface area contributed by atoms with E-state index in [2.05, 4.69) is 14.3 Å². The van der Waals surface area contributed by atoms with E-state index in [0.717, 1.165) is 15.9 Å². The van der Waals surface area contributed by atoms with Crippen LogP contribution in [0.2, 0.25) is 0 Å². The molecule has 0 unspecified atom stereocenters. The van der Waals surface area contributed by atoms with Gasteiger partial charge >= 0.3 is 5.97 Å². The third-order valence-corrected chi connectivity index (χ3v) is 3.56. The summed E-state index contributed by atoms with van der Waals surface area (Å²) in [4.78, 5) is 19.4. The van der Waals surface area contributed by atoms with Crippen molar-refractivity contribution in [1.29, 1.82) is 0 Å². The quantitative estimate of drug-likeness (QED) is 0.649. The van der Waals surface area contributed by atoms with E-state index in [9.17, 15) is 4.79 Å². The van der Waals surface area contributed by atoms with Crippen LogP contribution in [0.3, 0.4) is 0 Å². The lowest BCUT2D eigenvalue weighted by Crippen LogP contribution is -1.98. The molecule has 0 fully saturated rings. The van der Waals surface area contributed by atoms with E-state index >= 15 is 0 Å². The van der Waals surface area contributed by atoms with E-state index in [1.54, 1.807) is 0 Å². The van der Waals surface area contributed by atoms with Crippen LogP contribution in [0, 0.1) is 6.92 Å². The molecule has 5 nitrogen and oxygen atoms in total. The van der Waals surface area contributed by atoms with E-state index in [4.69, 9.17) is 5.11 Å². The summed E-state index contributed by atoms with van der Waals surface area (Å²) in [6.07, 6.45) is 1.43. The molecule has 15 heavy (non-hydrogen) atoms. The second-order valence-corrected chi connectivity index (χ2v) is 4.53. The van der Waals surface area contributed by atoms with Crippen molar-refractivity contribution in [2.24, 2.45) is 0 Å². The van der Waals surface area contributed by atoms with Crippen LogP contribution in [-0.4, -0.2) is 31.2 Å². The minimum absolute atomic E-state index is 0.00139. The lowest BCUT2D eigenvalue weighted by Gasteiger charge is -1.98. The molecule has 0 spiro atoms. The zero-order chi connectivity index (χ0) is 10.8. The number of carbonyl (C=O) groups is 1. The first-order valence-corrected chi connectivity index (χ1v) is 5.86. The summed E-state index contributed by atoms with van der Waals surface area (Å²) in [6.45, 7) is 1.87. The Morgan fingerprint density at radius 1 is 1.60 bits per heavy atom. The van der Waals surface area contributed by atoms with Gasteiger partial charge in [0.05, 0.1) is 16.8 Å². The maximum atomic E-state index is 10.5. The van der Waals surface area contributed by atoms with Gasteiger partial charge in [0.2, 0.25) is 0 Å². The molecule has 1 N–H and O–H groups in total. The molecule has 2 heterocycles. The highest BCUT2D eigenvalue weighted by Gasteiger charge is 2.11. The second kappa shape index (κ2) is 4.11. The van der Waals surface area contributed by atoms with Crippen LogP contribution < -0.4 is 0 Å². The SMILES string of the molecule is Cc1nsc2ncnc(SCC(=O)O)c12. The molecule has 2 aromatic heterocycles. The number of fused-ring (bicyclic) bond motifs is 1. The highest BCUT2D eigenvalue weighted by molar-refractivity contribution is 8.00. The molecule has 0 radical (unpaired) electrons. The van der Waals surface area contributed by atoms with E-state index in [1.165, 1.54) is 29.6 Å². The molecular formula is C8H7N3O2S2. The predicted molar refractivity (Wildman–Crippen MR) is 58.3 cm³/mol. The molecular weight excluding hydrogens is 234 g/mol. The lowest BCUT2D eigenvalue weighted by molar-refractivity contribution is -0.133. The van der Waals surface area contributed by atoms with Crippen LogP contribution in [0.4, 0.5) is 0 Å². The number of thioether (sulfide) groups is 1. The molecule has 0 atom stereocenters. The second-order valence-electron chi connectivity index (χ2n) is 2.81. The monoisotopic (exact) mass is 241 g/mol. The highest BCUT2D eigenvalue weighted by Crippen LogP contribution is 2.28. The summed E-state index contributed by atoms with van der Waals surface area (Å²) in [5, 5.41) is 10.1. The van der Waals surface area contributed by atoms with E-state index in [-0.39, 0.29) is 5.75 Å². The van der Waals surface area contributed by atoms with Crippen molar-refractivity contribution in [2.45, 2.75) is 11.9 Å². The number of rotatable bonds is 3. The van der Waals surface area contributed by atoms with Crippen molar-refractivity contribution in [3.05, 3.63) is 12.0 Å². The Morgan fingerprint density at radius 3 is 3.13 bits per heavy atom. The van der Waals surface area contributed by atoms with Crippen LogP contribution in [-0.2, 0) is 4.79 Å². The molecule has 7 heteroatoms. The minimum atomic E-state index is -0.854.